The zero-order valence-electron chi connectivity index (χ0n) is 16.8. The number of alkyl halides is 3. The summed E-state index contributed by atoms with van der Waals surface area (Å²) in [7, 11) is 1.45. The van der Waals surface area contributed by atoms with E-state index in [1.54, 1.807) is 4.90 Å². The first kappa shape index (κ1) is 21.9. The third kappa shape index (κ3) is 3.95. The highest BCUT2D eigenvalue weighted by Gasteiger charge is 2.34. The Hall–Kier alpha value is -3.34. The molecule has 3 aromatic rings. The summed E-state index contributed by atoms with van der Waals surface area (Å²) in [5.41, 5.74) is 0.510. The molecule has 0 bridgehead atoms. The van der Waals surface area contributed by atoms with Crippen molar-refractivity contribution in [3.63, 3.8) is 0 Å². The van der Waals surface area contributed by atoms with Crippen LogP contribution in [0, 0.1) is 0 Å². The molecule has 1 aliphatic heterocycles. The predicted molar refractivity (Wildman–Crippen MR) is 111 cm³/mol. The van der Waals surface area contributed by atoms with E-state index < -0.39 is 23.2 Å². The van der Waals surface area contributed by atoms with E-state index in [-0.39, 0.29) is 29.4 Å². The lowest BCUT2D eigenvalue weighted by atomic mass is 10.0. The van der Waals surface area contributed by atoms with Gasteiger partial charge in [0, 0.05) is 37.8 Å². The van der Waals surface area contributed by atoms with Crippen LogP contribution in [-0.4, -0.2) is 39.5 Å². The van der Waals surface area contributed by atoms with Crippen LogP contribution in [0.1, 0.15) is 32.9 Å². The average Bonchev–Trinajstić information content (AvgIpc) is 3.12. The van der Waals surface area contributed by atoms with Crippen molar-refractivity contribution in [2.45, 2.75) is 25.7 Å². The SMILES string of the molecule is CNC(=O)c1nn(Cc2ccccc2C(F)(F)F)c2c1CN(c1cn[nH]c(=O)c1Cl)CC2. The number of aromatic amines is 1. The molecule has 0 spiro atoms. The lowest BCUT2D eigenvalue weighted by Gasteiger charge is -2.29. The summed E-state index contributed by atoms with van der Waals surface area (Å²) in [5, 5.41) is 12.8. The Morgan fingerprint density at radius 2 is 2.06 bits per heavy atom. The molecule has 0 saturated carbocycles. The monoisotopic (exact) mass is 466 g/mol. The van der Waals surface area contributed by atoms with E-state index in [9.17, 15) is 22.8 Å². The normalized spacial score (nSPS) is 13.7. The average molecular weight is 467 g/mol. The summed E-state index contributed by atoms with van der Waals surface area (Å²) in [6, 6.07) is 5.28. The number of hydrogen-bond donors (Lipinski definition) is 2. The van der Waals surface area contributed by atoms with Gasteiger partial charge in [-0.3, -0.25) is 14.3 Å². The second-order valence-electron chi connectivity index (χ2n) is 7.24. The molecule has 12 heteroatoms. The molecule has 0 saturated heterocycles. The minimum Gasteiger partial charge on any atom is -0.364 e. The minimum absolute atomic E-state index is 0.0311. The molecule has 0 atom stereocenters. The van der Waals surface area contributed by atoms with Crippen molar-refractivity contribution in [2.24, 2.45) is 0 Å². The highest BCUT2D eigenvalue weighted by atomic mass is 35.5. The number of amides is 1. The lowest BCUT2D eigenvalue weighted by molar-refractivity contribution is -0.138. The smallest absolute Gasteiger partial charge is 0.364 e. The number of hydrogen-bond acceptors (Lipinski definition) is 5. The number of aromatic nitrogens is 4. The van der Waals surface area contributed by atoms with Gasteiger partial charge in [0.05, 0.1) is 24.0 Å². The van der Waals surface area contributed by atoms with Gasteiger partial charge in [-0.05, 0) is 11.6 Å². The second kappa shape index (κ2) is 8.30. The summed E-state index contributed by atoms with van der Waals surface area (Å²) >= 11 is 6.12. The van der Waals surface area contributed by atoms with E-state index in [0.29, 0.717) is 29.9 Å². The maximum Gasteiger partial charge on any atom is 0.416 e. The molecule has 0 aliphatic carbocycles. The molecule has 2 N–H and O–H groups in total. The van der Waals surface area contributed by atoms with Crippen molar-refractivity contribution >= 4 is 23.2 Å². The van der Waals surface area contributed by atoms with Crippen LogP contribution in [0.15, 0.2) is 35.3 Å². The quantitative estimate of drug-likeness (QED) is 0.616. The fourth-order valence-electron chi connectivity index (χ4n) is 3.82. The first-order valence-corrected chi connectivity index (χ1v) is 10.0. The predicted octanol–water partition coefficient (Wildman–Crippen LogP) is 2.61. The number of rotatable bonds is 4. The Morgan fingerprint density at radius 3 is 2.78 bits per heavy atom. The number of anilines is 1. The number of carbonyl (C=O) groups excluding carboxylic acids is 1. The largest absolute Gasteiger partial charge is 0.416 e. The van der Waals surface area contributed by atoms with Crippen LogP contribution in [0.4, 0.5) is 18.9 Å². The van der Waals surface area contributed by atoms with Crippen molar-refractivity contribution in [3.8, 4) is 0 Å². The second-order valence-corrected chi connectivity index (χ2v) is 7.61. The highest BCUT2D eigenvalue weighted by molar-refractivity contribution is 6.33. The van der Waals surface area contributed by atoms with Crippen LogP contribution < -0.4 is 15.8 Å². The van der Waals surface area contributed by atoms with E-state index in [1.807, 2.05) is 0 Å². The Morgan fingerprint density at radius 1 is 1.31 bits per heavy atom. The number of benzene rings is 1. The van der Waals surface area contributed by atoms with Gasteiger partial charge in [-0.15, -0.1) is 0 Å². The summed E-state index contributed by atoms with van der Waals surface area (Å²) in [5.74, 6) is -0.457. The molecule has 0 radical (unpaired) electrons. The van der Waals surface area contributed by atoms with E-state index in [0.717, 1.165) is 6.07 Å². The van der Waals surface area contributed by atoms with Crippen LogP contribution in [0.3, 0.4) is 0 Å². The Labute approximate surface area is 185 Å². The van der Waals surface area contributed by atoms with Gasteiger partial charge in [0.25, 0.3) is 11.5 Å². The number of fused-ring (bicyclic) bond motifs is 1. The van der Waals surface area contributed by atoms with Crippen molar-refractivity contribution < 1.29 is 18.0 Å². The van der Waals surface area contributed by atoms with Gasteiger partial charge in [0.2, 0.25) is 0 Å². The fourth-order valence-corrected chi connectivity index (χ4v) is 4.03. The van der Waals surface area contributed by atoms with Crippen molar-refractivity contribution in [2.75, 3.05) is 18.5 Å². The highest BCUT2D eigenvalue weighted by Crippen LogP contribution is 2.34. The summed E-state index contributed by atoms with van der Waals surface area (Å²) < 4.78 is 41.8. The number of nitrogens with zero attached hydrogens (tertiary/aromatic N) is 4. The van der Waals surface area contributed by atoms with E-state index in [1.165, 1.54) is 36.1 Å². The fraction of sp³-hybridized carbons (Fsp3) is 0.300. The molecule has 3 heterocycles. The molecule has 0 unspecified atom stereocenters. The van der Waals surface area contributed by atoms with Crippen molar-refractivity contribution in [1.82, 2.24) is 25.3 Å². The molecule has 1 aromatic carbocycles. The molecule has 0 fully saturated rings. The van der Waals surface area contributed by atoms with Crippen LogP contribution in [0.5, 0.6) is 0 Å². The van der Waals surface area contributed by atoms with E-state index >= 15 is 0 Å². The first-order valence-electron chi connectivity index (χ1n) is 9.64. The third-order valence-corrected chi connectivity index (χ3v) is 5.70. The molecular formula is C20H18ClF3N6O2. The maximum atomic E-state index is 13.4. The standard InChI is InChI=1S/C20H18ClF3N6O2/c1-25-19(32)17-12-10-29(15-8-26-27-18(31)16(15)21)7-6-14(12)30(28-17)9-11-4-2-3-5-13(11)20(22,23)24/h2-5,8H,6-7,9-10H2,1H3,(H,25,32)(H,27,31). The van der Waals surface area contributed by atoms with Crippen LogP contribution in [0.2, 0.25) is 5.02 Å². The Kier molecular flexibility index (Phi) is 5.68. The molecule has 32 heavy (non-hydrogen) atoms. The van der Waals surface area contributed by atoms with E-state index in [2.05, 4.69) is 20.6 Å². The molecule has 1 amide bonds. The molecule has 2 aromatic heterocycles. The minimum atomic E-state index is -4.51. The lowest BCUT2D eigenvalue weighted by Crippen LogP contribution is -2.33. The van der Waals surface area contributed by atoms with Gasteiger partial charge in [-0.25, -0.2) is 5.10 Å². The number of nitrogens with one attached hydrogen (secondary N) is 2. The topological polar surface area (TPSA) is 95.9 Å². The van der Waals surface area contributed by atoms with Gasteiger partial charge in [0.15, 0.2) is 5.69 Å². The van der Waals surface area contributed by atoms with Crippen LogP contribution in [0.25, 0.3) is 0 Å². The number of carbonyl (C=O) groups is 1. The molecule has 1 aliphatic rings. The van der Waals surface area contributed by atoms with Gasteiger partial charge in [0.1, 0.15) is 5.02 Å². The Bertz CT molecular complexity index is 1240. The molecular weight excluding hydrogens is 449 g/mol. The summed E-state index contributed by atoms with van der Waals surface area (Å²) in [4.78, 5) is 26.1. The van der Waals surface area contributed by atoms with Gasteiger partial charge in [-0.1, -0.05) is 29.8 Å². The third-order valence-electron chi connectivity index (χ3n) is 5.34. The van der Waals surface area contributed by atoms with Crippen LogP contribution >= 0.6 is 11.6 Å². The Balaban J connectivity index is 1.75. The summed E-state index contributed by atoms with van der Waals surface area (Å²) in [6.45, 7) is 0.476. The summed E-state index contributed by atoms with van der Waals surface area (Å²) in [6.07, 6.45) is -2.71. The number of halogens is 4. The van der Waals surface area contributed by atoms with Gasteiger partial charge < -0.3 is 10.2 Å². The number of H-pyrrole nitrogens is 1. The van der Waals surface area contributed by atoms with Gasteiger partial charge in [-0.2, -0.15) is 23.4 Å². The maximum absolute atomic E-state index is 13.4. The van der Waals surface area contributed by atoms with Crippen molar-refractivity contribution in [3.05, 3.63) is 73.9 Å². The van der Waals surface area contributed by atoms with Crippen molar-refractivity contribution in [1.29, 1.82) is 0 Å². The zero-order chi connectivity index (χ0) is 23.0. The van der Waals surface area contributed by atoms with Gasteiger partial charge >= 0.3 is 6.18 Å². The van der Waals surface area contributed by atoms with Crippen LogP contribution in [-0.2, 0) is 25.7 Å². The molecule has 8 nitrogen and oxygen atoms in total. The van der Waals surface area contributed by atoms with E-state index in [4.69, 9.17) is 11.6 Å². The molecule has 168 valence electrons. The first-order chi connectivity index (χ1) is 15.2. The molecule has 4 rings (SSSR count). The zero-order valence-corrected chi connectivity index (χ0v) is 17.6.